The molecule has 0 N–H and O–H groups in total. The van der Waals surface area contributed by atoms with E-state index in [1.807, 2.05) is 24.3 Å². The van der Waals surface area contributed by atoms with Crippen LogP contribution in [-0.2, 0) is 0 Å². The van der Waals surface area contributed by atoms with Crippen molar-refractivity contribution in [2.24, 2.45) is 0 Å². The van der Waals surface area contributed by atoms with Gasteiger partial charge in [0, 0.05) is 5.56 Å². The topological polar surface area (TPSA) is 9.23 Å². The van der Waals surface area contributed by atoms with Crippen molar-refractivity contribution < 1.29 is 4.74 Å². The molecule has 0 saturated carbocycles. The Bertz CT molecular complexity index is 235. The van der Waals surface area contributed by atoms with Gasteiger partial charge in [-0.05, 0) is 6.07 Å². The maximum absolute atomic E-state index is 5.15. The van der Waals surface area contributed by atoms with Crippen LogP contribution < -0.4 is 4.74 Å². The van der Waals surface area contributed by atoms with E-state index >= 15 is 0 Å². The van der Waals surface area contributed by atoms with Gasteiger partial charge >= 0.3 is 0 Å². The summed E-state index contributed by atoms with van der Waals surface area (Å²) >= 11 is 6.82. The summed E-state index contributed by atoms with van der Waals surface area (Å²) in [7, 11) is 1.67. The molecule has 1 nitrogen and oxygen atoms in total. The fourth-order valence-electron chi connectivity index (χ4n) is 0.847. The molecule has 0 aromatic heterocycles. The molecule has 0 saturated heterocycles. The number of ether oxygens (including phenoxy) is 1. The van der Waals surface area contributed by atoms with Crippen LogP contribution in [0.5, 0.6) is 5.75 Å². The highest BCUT2D eigenvalue weighted by Crippen LogP contribution is 2.35. The molecule has 0 aliphatic rings. The van der Waals surface area contributed by atoms with E-state index in [4.69, 9.17) is 4.74 Å². The average Bonchev–Trinajstić information content (AvgIpc) is 2.04. The maximum Gasteiger partial charge on any atom is 0.124 e. The van der Waals surface area contributed by atoms with Crippen LogP contribution in [0.3, 0.4) is 0 Å². The third-order valence-corrected chi connectivity index (χ3v) is 2.36. The molecule has 0 atom stereocenters. The Labute approximate surface area is 83.0 Å². The Morgan fingerprint density at radius 3 is 2.36 bits per heavy atom. The predicted molar refractivity (Wildman–Crippen MR) is 53.6 cm³/mol. The molecule has 0 fully saturated rings. The maximum atomic E-state index is 5.15. The Morgan fingerprint density at radius 1 is 1.27 bits per heavy atom. The lowest BCUT2D eigenvalue weighted by molar-refractivity contribution is 0.411. The normalized spacial score (nSPS) is 10.2. The van der Waals surface area contributed by atoms with Gasteiger partial charge in [0.1, 0.15) is 5.75 Å². The standard InChI is InChI=1S/C8H8Br2O/c1-11-7-5-3-2-4-6(7)8(9)10/h2-5,8H,1H3. The van der Waals surface area contributed by atoms with Crippen LogP contribution in [0.4, 0.5) is 0 Å². The van der Waals surface area contributed by atoms with Crippen molar-refractivity contribution in [1.29, 1.82) is 0 Å². The zero-order valence-electron chi connectivity index (χ0n) is 6.05. The molecule has 1 aromatic rings. The van der Waals surface area contributed by atoms with Crippen molar-refractivity contribution in [2.75, 3.05) is 7.11 Å². The monoisotopic (exact) mass is 278 g/mol. The van der Waals surface area contributed by atoms with Crippen molar-refractivity contribution in [3.05, 3.63) is 29.8 Å². The van der Waals surface area contributed by atoms with Crippen molar-refractivity contribution in [3.63, 3.8) is 0 Å². The predicted octanol–water partition coefficient (Wildman–Crippen LogP) is 3.48. The van der Waals surface area contributed by atoms with Crippen LogP contribution in [0.2, 0.25) is 0 Å². The molecule has 1 aromatic carbocycles. The minimum absolute atomic E-state index is 0.158. The van der Waals surface area contributed by atoms with Gasteiger partial charge in [0.25, 0.3) is 0 Å². The van der Waals surface area contributed by atoms with Crippen LogP contribution in [0.1, 0.15) is 9.30 Å². The van der Waals surface area contributed by atoms with Gasteiger partial charge in [-0.1, -0.05) is 50.1 Å². The fraction of sp³-hybridized carbons (Fsp3) is 0.250. The van der Waals surface area contributed by atoms with Gasteiger partial charge < -0.3 is 4.74 Å². The van der Waals surface area contributed by atoms with Crippen LogP contribution in [0.15, 0.2) is 24.3 Å². The van der Waals surface area contributed by atoms with Gasteiger partial charge in [0.05, 0.1) is 10.8 Å². The Balaban J connectivity index is 3.02. The minimum Gasteiger partial charge on any atom is -0.496 e. The molecule has 0 amide bonds. The number of para-hydroxylation sites is 1. The summed E-state index contributed by atoms with van der Waals surface area (Å²) < 4.78 is 5.31. The first-order chi connectivity index (χ1) is 5.25. The number of alkyl halides is 2. The first kappa shape index (κ1) is 9.07. The molecule has 0 unspecified atom stereocenters. The van der Waals surface area contributed by atoms with Crippen molar-refractivity contribution in [2.45, 2.75) is 3.74 Å². The zero-order chi connectivity index (χ0) is 8.27. The molecular formula is C8H8Br2O. The quantitative estimate of drug-likeness (QED) is 0.753. The molecule has 0 aliphatic carbocycles. The Morgan fingerprint density at radius 2 is 1.91 bits per heavy atom. The third-order valence-electron chi connectivity index (χ3n) is 1.37. The van der Waals surface area contributed by atoms with Gasteiger partial charge in [0.15, 0.2) is 0 Å². The largest absolute Gasteiger partial charge is 0.496 e. The van der Waals surface area contributed by atoms with Gasteiger partial charge in [-0.3, -0.25) is 0 Å². The summed E-state index contributed by atoms with van der Waals surface area (Å²) in [6.45, 7) is 0. The van der Waals surface area contributed by atoms with Gasteiger partial charge in [-0.2, -0.15) is 0 Å². The van der Waals surface area contributed by atoms with Crippen LogP contribution in [0.25, 0.3) is 0 Å². The summed E-state index contributed by atoms with van der Waals surface area (Å²) in [5.41, 5.74) is 1.11. The number of benzene rings is 1. The molecule has 0 radical (unpaired) electrons. The molecule has 0 bridgehead atoms. The zero-order valence-corrected chi connectivity index (χ0v) is 9.22. The lowest BCUT2D eigenvalue weighted by Gasteiger charge is -2.07. The fourth-order valence-corrected chi connectivity index (χ4v) is 1.60. The molecule has 0 aliphatic heterocycles. The number of rotatable bonds is 2. The second-order valence-electron chi connectivity index (χ2n) is 2.04. The van der Waals surface area contributed by atoms with E-state index in [0.717, 1.165) is 11.3 Å². The summed E-state index contributed by atoms with van der Waals surface area (Å²) in [5, 5.41) is 0. The van der Waals surface area contributed by atoms with Crippen LogP contribution in [0, 0.1) is 0 Å². The van der Waals surface area contributed by atoms with E-state index < -0.39 is 0 Å². The number of halogens is 2. The van der Waals surface area contributed by atoms with Crippen LogP contribution in [-0.4, -0.2) is 7.11 Å². The van der Waals surface area contributed by atoms with Gasteiger partial charge in [-0.15, -0.1) is 0 Å². The SMILES string of the molecule is COc1ccccc1C(Br)Br. The van der Waals surface area contributed by atoms with E-state index in [2.05, 4.69) is 31.9 Å². The summed E-state index contributed by atoms with van der Waals surface area (Å²) in [6, 6.07) is 7.87. The number of hydrogen-bond acceptors (Lipinski definition) is 1. The highest BCUT2D eigenvalue weighted by atomic mass is 79.9. The average molecular weight is 280 g/mol. The molecular weight excluding hydrogens is 272 g/mol. The third kappa shape index (κ3) is 2.20. The number of methoxy groups -OCH3 is 1. The smallest absolute Gasteiger partial charge is 0.124 e. The summed E-state index contributed by atoms with van der Waals surface area (Å²) in [4.78, 5) is 0. The highest BCUT2D eigenvalue weighted by Gasteiger charge is 2.07. The summed E-state index contributed by atoms with van der Waals surface area (Å²) in [6.07, 6.45) is 0. The lowest BCUT2D eigenvalue weighted by atomic mass is 10.2. The molecule has 0 spiro atoms. The molecule has 3 heteroatoms. The van der Waals surface area contributed by atoms with E-state index in [9.17, 15) is 0 Å². The van der Waals surface area contributed by atoms with Gasteiger partial charge in [-0.25, -0.2) is 0 Å². The second-order valence-corrected chi connectivity index (χ2v) is 5.10. The van der Waals surface area contributed by atoms with Crippen molar-refractivity contribution >= 4 is 31.9 Å². The first-order valence-electron chi connectivity index (χ1n) is 3.16. The first-order valence-corrected chi connectivity index (χ1v) is 5.00. The Kier molecular flexibility index (Phi) is 3.40. The van der Waals surface area contributed by atoms with E-state index in [-0.39, 0.29) is 3.74 Å². The highest BCUT2D eigenvalue weighted by molar-refractivity contribution is 9.24. The van der Waals surface area contributed by atoms with E-state index in [1.165, 1.54) is 0 Å². The van der Waals surface area contributed by atoms with Crippen molar-refractivity contribution in [1.82, 2.24) is 0 Å². The molecule has 11 heavy (non-hydrogen) atoms. The Hall–Kier alpha value is -0.0200. The van der Waals surface area contributed by atoms with E-state index in [1.54, 1.807) is 7.11 Å². The lowest BCUT2D eigenvalue weighted by Crippen LogP contribution is -1.89. The van der Waals surface area contributed by atoms with Gasteiger partial charge in [0.2, 0.25) is 0 Å². The molecule has 60 valence electrons. The van der Waals surface area contributed by atoms with E-state index in [0.29, 0.717) is 0 Å². The second kappa shape index (κ2) is 4.12. The molecule has 1 rings (SSSR count). The van der Waals surface area contributed by atoms with Crippen LogP contribution >= 0.6 is 31.9 Å². The van der Waals surface area contributed by atoms with Crippen molar-refractivity contribution in [3.8, 4) is 5.75 Å². The summed E-state index contributed by atoms with van der Waals surface area (Å²) in [5.74, 6) is 0.895. The minimum atomic E-state index is 0.158. The number of hydrogen-bond donors (Lipinski definition) is 0. The molecule has 0 heterocycles.